The van der Waals surface area contributed by atoms with Gasteiger partial charge in [-0.1, -0.05) is 12.1 Å². The molecule has 102 valence electrons. The summed E-state index contributed by atoms with van der Waals surface area (Å²) in [6.07, 6.45) is 0.330. The Balaban J connectivity index is 2.16. The van der Waals surface area contributed by atoms with E-state index in [1.807, 2.05) is 0 Å². The number of carbonyl (C=O) groups excluding carboxylic acids is 1. The summed E-state index contributed by atoms with van der Waals surface area (Å²) in [4.78, 5) is 11.7. The van der Waals surface area contributed by atoms with E-state index in [-0.39, 0.29) is 36.3 Å². The van der Waals surface area contributed by atoms with Crippen LogP contribution in [0.2, 0.25) is 0 Å². The zero-order valence-corrected chi connectivity index (χ0v) is 10.6. The van der Waals surface area contributed by atoms with Crippen molar-refractivity contribution in [3.63, 3.8) is 0 Å². The highest BCUT2D eigenvalue weighted by molar-refractivity contribution is 5.89. The van der Waals surface area contributed by atoms with Crippen LogP contribution in [0.15, 0.2) is 35.6 Å². The highest BCUT2D eigenvalue weighted by atomic mass is 19.1. The third kappa shape index (κ3) is 3.12. The Kier molecular flexibility index (Phi) is 4.16. The maximum absolute atomic E-state index is 12.9. The van der Waals surface area contributed by atoms with Gasteiger partial charge < -0.3 is 15.2 Å². The van der Waals surface area contributed by atoms with E-state index >= 15 is 0 Å². The molecule has 0 bridgehead atoms. The molecular formula is C14H16FNO3. The van der Waals surface area contributed by atoms with Crippen molar-refractivity contribution in [2.24, 2.45) is 0 Å². The number of aliphatic hydroxyl groups is 1. The molecule has 1 aromatic carbocycles. The van der Waals surface area contributed by atoms with E-state index in [4.69, 9.17) is 4.74 Å². The highest BCUT2D eigenvalue weighted by Crippen LogP contribution is 2.27. The fourth-order valence-corrected chi connectivity index (χ4v) is 2.07. The normalized spacial score (nSPS) is 19.4. The Morgan fingerprint density at radius 3 is 2.79 bits per heavy atom. The van der Waals surface area contributed by atoms with Gasteiger partial charge in [0, 0.05) is 12.5 Å². The molecule has 19 heavy (non-hydrogen) atoms. The van der Waals surface area contributed by atoms with Crippen LogP contribution in [-0.2, 0) is 9.53 Å². The summed E-state index contributed by atoms with van der Waals surface area (Å²) in [5.74, 6) is -0.783. The van der Waals surface area contributed by atoms with Gasteiger partial charge in [-0.05, 0) is 24.6 Å². The number of halogens is 1. The minimum absolute atomic E-state index is 0.0109. The Bertz CT molecular complexity index is 496. The minimum atomic E-state index is -0.492. The van der Waals surface area contributed by atoms with Crippen LogP contribution in [0, 0.1) is 5.82 Å². The molecule has 1 aliphatic rings. The number of hydrogen-bond acceptors (Lipinski definition) is 4. The van der Waals surface area contributed by atoms with E-state index in [0.29, 0.717) is 6.42 Å². The smallest absolute Gasteiger partial charge is 0.337 e. The van der Waals surface area contributed by atoms with Crippen LogP contribution in [0.25, 0.3) is 0 Å². The average molecular weight is 265 g/mol. The molecule has 0 saturated heterocycles. The first-order valence-corrected chi connectivity index (χ1v) is 6.18. The molecule has 1 aliphatic heterocycles. The van der Waals surface area contributed by atoms with Gasteiger partial charge in [-0.2, -0.15) is 0 Å². The molecule has 0 aromatic heterocycles. The number of carbonyl (C=O) groups is 1. The van der Waals surface area contributed by atoms with Crippen LogP contribution >= 0.6 is 0 Å². The first kappa shape index (κ1) is 13.5. The van der Waals surface area contributed by atoms with E-state index in [9.17, 15) is 14.3 Å². The van der Waals surface area contributed by atoms with E-state index in [2.05, 4.69) is 5.32 Å². The van der Waals surface area contributed by atoms with E-state index < -0.39 is 5.97 Å². The van der Waals surface area contributed by atoms with Gasteiger partial charge >= 0.3 is 5.97 Å². The number of rotatable bonds is 3. The van der Waals surface area contributed by atoms with E-state index in [1.165, 1.54) is 12.1 Å². The SMILES string of the molecule is CCOC(=O)C1=C(O)CNC(c2ccc(F)cc2)C1. The Morgan fingerprint density at radius 1 is 1.47 bits per heavy atom. The van der Waals surface area contributed by atoms with Crippen LogP contribution < -0.4 is 5.32 Å². The maximum Gasteiger partial charge on any atom is 0.337 e. The third-order valence-electron chi connectivity index (χ3n) is 3.07. The molecule has 1 aromatic rings. The quantitative estimate of drug-likeness (QED) is 0.823. The summed E-state index contributed by atoms with van der Waals surface area (Å²) in [6, 6.07) is 5.95. The molecule has 2 N–H and O–H groups in total. The second kappa shape index (κ2) is 5.84. The molecule has 5 heteroatoms. The minimum Gasteiger partial charge on any atom is -0.510 e. The van der Waals surface area contributed by atoms with E-state index in [1.54, 1.807) is 19.1 Å². The fourth-order valence-electron chi connectivity index (χ4n) is 2.07. The van der Waals surface area contributed by atoms with Crippen LogP contribution in [0.1, 0.15) is 24.9 Å². The zero-order chi connectivity index (χ0) is 13.8. The third-order valence-corrected chi connectivity index (χ3v) is 3.07. The van der Waals surface area contributed by atoms with Gasteiger partial charge in [0.15, 0.2) is 0 Å². The molecule has 0 fully saturated rings. The van der Waals surface area contributed by atoms with Crippen molar-refractivity contribution >= 4 is 5.97 Å². The number of aliphatic hydroxyl groups excluding tert-OH is 1. The molecule has 1 heterocycles. The number of benzene rings is 1. The van der Waals surface area contributed by atoms with Crippen molar-refractivity contribution in [2.45, 2.75) is 19.4 Å². The van der Waals surface area contributed by atoms with Gasteiger partial charge in [-0.25, -0.2) is 9.18 Å². The van der Waals surface area contributed by atoms with Crippen molar-refractivity contribution in [2.75, 3.05) is 13.2 Å². The second-order valence-electron chi connectivity index (χ2n) is 4.33. The Hall–Kier alpha value is -1.88. The van der Waals surface area contributed by atoms with Crippen molar-refractivity contribution in [3.8, 4) is 0 Å². The predicted molar refractivity (Wildman–Crippen MR) is 68.0 cm³/mol. The summed E-state index contributed by atoms with van der Waals surface area (Å²) in [6.45, 7) is 2.19. The highest BCUT2D eigenvalue weighted by Gasteiger charge is 2.26. The van der Waals surface area contributed by atoms with Crippen molar-refractivity contribution in [3.05, 3.63) is 47.0 Å². The lowest BCUT2D eigenvalue weighted by Crippen LogP contribution is -2.32. The maximum atomic E-state index is 12.9. The van der Waals surface area contributed by atoms with Crippen LogP contribution in [0.4, 0.5) is 4.39 Å². The zero-order valence-electron chi connectivity index (χ0n) is 10.6. The molecule has 0 spiro atoms. The van der Waals surface area contributed by atoms with Crippen LogP contribution in [0.5, 0.6) is 0 Å². The molecule has 0 aliphatic carbocycles. The largest absolute Gasteiger partial charge is 0.510 e. The Labute approximate surface area is 110 Å². The fraction of sp³-hybridized carbons (Fsp3) is 0.357. The van der Waals surface area contributed by atoms with Gasteiger partial charge in [0.2, 0.25) is 0 Å². The predicted octanol–water partition coefficient (Wildman–Crippen LogP) is 2.24. The van der Waals surface area contributed by atoms with Gasteiger partial charge in [0.1, 0.15) is 11.6 Å². The first-order chi connectivity index (χ1) is 9.11. The topological polar surface area (TPSA) is 58.6 Å². The monoisotopic (exact) mass is 265 g/mol. The first-order valence-electron chi connectivity index (χ1n) is 6.18. The van der Waals surface area contributed by atoms with E-state index in [0.717, 1.165) is 5.56 Å². The number of esters is 1. The summed E-state index contributed by atoms with van der Waals surface area (Å²) in [5, 5.41) is 12.8. The van der Waals surface area contributed by atoms with Gasteiger partial charge in [-0.3, -0.25) is 0 Å². The molecule has 4 nitrogen and oxygen atoms in total. The van der Waals surface area contributed by atoms with Gasteiger partial charge in [0.25, 0.3) is 0 Å². The lowest BCUT2D eigenvalue weighted by molar-refractivity contribution is -0.139. The van der Waals surface area contributed by atoms with Crippen LogP contribution in [-0.4, -0.2) is 24.2 Å². The van der Waals surface area contributed by atoms with Gasteiger partial charge in [-0.15, -0.1) is 0 Å². The molecule has 0 saturated carbocycles. The summed E-state index contributed by atoms with van der Waals surface area (Å²) in [5.41, 5.74) is 1.16. The van der Waals surface area contributed by atoms with Crippen LogP contribution in [0.3, 0.4) is 0 Å². The number of nitrogens with one attached hydrogen (secondary N) is 1. The molecule has 1 atom stereocenters. The number of hydrogen-bond donors (Lipinski definition) is 2. The standard InChI is InChI=1S/C14H16FNO3/c1-2-19-14(18)11-7-12(16-8-13(11)17)9-3-5-10(15)6-4-9/h3-6,12,16-17H,2,7-8H2,1H3. The number of ether oxygens (including phenoxy) is 1. The molecule has 0 amide bonds. The Morgan fingerprint density at radius 2 is 2.16 bits per heavy atom. The lowest BCUT2D eigenvalue weighted by atomic mass is 9.95. The molecule has 2 rings (SSSR count). The lowest BCUT2D eigenvalue weighted by Gasteiger charge is -2.25. The average Bonchev–Trinajstić information content (AvgIpc) is 2.40. The van der Waals surface area contributed by atoms with Crippen molar-refractivity contribution in [1.29, 1.82) is 0 Å². The molecular weight excluding hydrogens is 249 g/mol. The summed E-state index contributed by atoms with van der Waals surface area (Å²) < 4.78 is 17.8. The van der Waals surface area contributed by atoms with Crippen molar-refractivity contribution < 1.29 is 19.0 Å². The molecule has 1 unspecified atom stereocenters. The molecule has 0 radical (unpaired) electrons. The summed E-state index contributed by atoms with van der Waals surface area (Å²) >= 11 is 0. The summed E-state index contributed by atoms with van der Waals surface area (Å²) in [7, 11) is 0. The van der Waals surface area contributed by atoms with Gasteiger partial charge in [0.05, 0.1) is 18.7 Å². The van der Waals surface area contributed by atoms with Crippen molar-refractivity contribution in [1.82, 2.24) is 5.32 Å². The second-order valence-corrected chi connectivity index (χ2v) is 4.33.